The summed E-state index contributed by atoms with van der Waals surface area (Å²) in [6, 6.07) is 19.6. The molecule has 0 aliphatic carbocycles. The molecule has 4 fully saturated rings. The first-order valence-corrected chi connectivity index (χ1v) is 17.7. The van der Waals surface area contributed by atoms with Crippen LogP contribution in [0.15, 0.2) is 60.7 Å². The van der Waals surface area contributed by atoms with Crippen LogP contribution < -0.4 is 10.6 Å². The van der Waals surface area contributed by atoms with Gasteiger partial charge in [-0.05, 0) is 71.2 Å². The monoisotopic (exact) mass is 686 g/mol. The van der Waals surface area contributed by atoms with Gasteiger partial charge in [-0.3, -0.25) is 0 Å². The molecule has 12 nitrogen and oxygen atoms in total. The number of fused-ring (bicyclic) bond motifs is 2. The van der Waals surface area contributed by atoms with E-state index in [1.165, 1.54) is 0 Å². The Hall–Kier alpha value is -2.04. The normalized spacial score (nSPS) is 32.6. The minimum Gasteiger partial charge on any atom is -0.396 e. The fourth-order valence-electron chi connectivity index (χ4n) is 7.28. The van der Waals surface area contributed by atoms with Gasteiger partial charge in [-0.1, -0.05) is 60.7 Å². The molecular formula is C37H54N2O10. The number of rotatable bonds is 18. The summed E-state index contributed by atoms with van der Waals surface area (Å²) in [7, 11) is 0. The molecule has 0 aromatic heterocycles. The minimum atomic E-state index is -0.771. The highest BCUT2D eigenvalue weighted by Gasteiger charge is 2.58. The molecule has 0 bridgehead atoms. The zero-order chi connectivity index (χ0) is 34.4. The molecule has 2 aromatic carbocycles. The molecular weight excluding hydrogens is 632 g/mol. The maximum atomic E-state index is 9.99. The van der Waals surface area contributed by atoms with Gasteiger partial charge in [0.2, 0.25) is 0 Å². The van der Waals surface area contributed by atoms with E-state index in [4.69, 9.17) is 37.9 Å². The number of nitrogens with one attached hydrogen (secondary N) is 2. The lowest BCUT2D eigenvalue weighted by atomic mass is 10.00. The molecule has 4 heterocycles. The van der Waals surface area contributed by atoms with Gasteiger partial charge < -0.3 is 58.7 Å². The predicted octanol–water partition coefficient (Wildman–Crippen LogP) is 2.98. The molecule has 4 N–H and O–H groups in total. The second-order valence-corrected chi connectivity index (χ2v) is 14.2. The van der Waals surface area contributed by atoms with Gasteiger partial charge in [-0.2, -0.15) is 0 Å². The predicted molar refractivity (Wildman–Crippen MR) is 179 cm³/mol. The topological polar surface area (TPSA) is 138 Å². The second kappa shape index (κ2) is 16.5. The van der Waals surface area contributed by atoms with Gasteiger partial charge in [-0.15, -0.1) is 0 Å². The molecule has 272 valence electrons. The molecule has 6 rings (SSSR count). The fraction of sp³-hybridized carbons (Fsp3) is 0.676. The maximum Gasteiger partial charge on any atom is 0.190 e. The van der Waals surface area contributed by atoms with Crippen molar-refractivity contribution in [1.82, 2.24) is 10.6 Å². The van der Waals surface area contributed by atoms with Crippen molar-refractivity contribution in [1.29, 1.82) is 0 Å². The molecule has 2 aromatic rings. The molecule has 0 radical (unpaired) electrons. The summed E-state index contributed by atoms with van der Waals surface area (Å²) in [5.74, 6) is -1.54. The summed E-state index contributed by atoms with van der Waals surface area (Å²) in [5, 5.41) is 27.2. The van der Waals surface area contributed by atoms with E-state index >= 15 is 0 Å². The van der Waals surface area contributed by atoms with Gasteiger partial charge in [-0.25, -0.2) is 0 Å². The lowest BCUT2D eigenvalue weighted by Gasteiger charge is -2.32. The largest absolute Gasteiger partial charge is 0.396 e. The van der Waals surface area contributed by atoms with Crippen LogP contribution in [0.5, 0.6) is 0 Å². The Morgan fingerprint density at radius 2 is 1.04 bits per heavy atom. The number of hydrogen-bond donors (Lipinski definition) is 4. The SMILES string of the molecule is CC1(C)O[C@H]2OC([C@H](CCO)NCCCN[C@H](CCO)C3O[C@@H]4OC(C)(C)O[C@@H]4[C@H]3OCc3ccccc3)[C@H](OCc3ccccc3)[C@H]2O1. The first-order chi connectivity index (χ1) is 23.7. The number of benzene rings is 2. The molecule has 4 saturated heterocycles. The first kappa shape index (κ1) is 36.7. The maximum absolute atomic E-state index is 9.99. The van der Waals surface area contributed by atoms with Crippen LogP contribution in [0.25, 0.3) is 0 Å². The molecule has 0 saturated carbocycles. The van der Waals surface area contributed by atoms with E-state index in [0.717, 1.165) is 17.5 Å². The highest BCUT2D eigenvalue weighted by molar-refractivity contribution is 5.15. The number of aliphatic hydroxyl groups is 2. The van der Waals surface area contributed by atoms with Crippen molar-refractivity contribution in [2.45, 2.75) is 133 Å². The molecule has 2 unspecified atom stereocenters. The van der Waals surface area contributed by atoms with Crippen LogP contribution >= 0.6 is 0 Å². The van der Waals surface area contributed by atoms with Crippen LogP contribution in [0.1, 0.15) is 58.1 Å². The summed E-state index contributed by atoms with van der Waals surface area (Å²) < 4.78 is 50.3. The molecule has 0 spiro atoms. The van der Waals surface area contributed by atoms with Gasteiger partial charge in [0.15, 0.2) is 24.2 Å². The smallest absolute Gasteiger partial charge is 0.190 e. The Bertz CT molecular complexity index is 1190. The molecule has 0 amide bonds. The Balaban J connectivity index is 1.04. The van der Waals surface area contributed by atoms with Crippen LogP contribution in [0.2, 0.25) is 0 Å². The zero-order valence-electron chi connectivity index (χ0n) is 29.1. The number of aliphatic hydroxyl groups excluding tert-OH is 2. The quantitative estimate of drug-likeness (QED) is 0.172. The van der Waals surface area contributed by atoms with Crippen molar-refractivity contribution in [3.8, 4) is 0 Å². The second-order valence-electron chi connectivity index (χ2n) is 14.2. The van der Waals surface area contributed by atoms with Crippen LogP contribution in [-0.2, 0) is 51.1 Å². The van der Waals surface area contributed by atoms with Crippen molar-refractivity contribution < 1.29 is 48.1 Å². The Morgan fingerprint density at radius 1 is 0.633 bits per heavy atom. The van der Waals surface area contributed by atoms with Gasteiger partial charge >= 0.3 is 0 Å². The van der Waals surface area contributed by atoms with Gasteiger partial charge in [0.1, 0.15) is 36.6 Å². The molecule has 4 aliphatic rings. The summed E-state index contributed by atoms with van der Waals surface area (Å²) in [6.45, 7) is 9.62. The average molecular weight is 687 g/mol. The van der Waals surface area contributed by atoms with Crippen molar-refractivity contribution >= 4 is 0 Å². The summed E-state index contributed by atoms with van der Waals surface area (Å²) in [5.41, 5.74) is 2.12. The van der Waals surface area contributed by atoms with Crippen LogP contribution in [0.4, 0.5) is 0 Å². The lowest BCUT2D eigenvalue weighted by Crippen LogP contribution is -2.51. The lowest BCUT2D eigenvalue weighted by molar-refractivity contribution is -0.223. The minimum absolute atomic E-state index is 0.00499. The van der Waals surface area contributed by atoms with Crippen LogP contribution in [0.3, 0.4) is 0 Å². The van der Waals surface area contributed by atoms with Gasteiger partial charge in [0.05, 0.1) is 13.2 Å². The fourth-order valence-corrected chi connectivity index (χ4v) is 7.28. The van der Waals surface area contributed by atoms with E-state index in [1.807, 2.05) is 88.4 Å². The van der Waals surface area contributed by atoms with Crippen molar-refractivity contribution in [2.24, 2.45) is 0 Å². The third-order valence-corrected chi connectivity index (χ3v) is 9.46. The zero-order valence-corrected chi connectivity index (χ0v) is 29.1. The third-order valence-electron chi connectivity index (χ3n) is 9.46. The first-order valence-electron chi connectivity index (χ1n) is 17.7. The van der Waals surface area contributed by atoms with Gasteiger partial charge in [0, 0.05) is 25.3 Å². The van der Waals surface area contributed by atoms with Crippen molar-refractivity contribution in [3.05, 3.63) is 71.8 Å². The number of ether oxygens (including phenoxy) is 8. The summed E-state index contributed by atoms with van der Waals surface area (Å²) in [6.07, 6.45) is -1.66. The molecule has 49 heavy (non-hydrogen) atoms. The summed E-state index contributed by atoms with van der Waals surface area (Å²) in [4.78, 5) is 0. The average Bonchev–Trinajstić information content (AvgIpc) is 3.77. The Kier molecular flexibility index (Phi) is 12.4. The highest BCUT2D eigenvalue weighted by Crippen LogP contribution is 2.41. The van der Waals surface area contributed by atoms with Crippen LogP contribution in [0, 0.1) is 0 Å². The van der Waals surface area contributed by atoms with E-state index in [2.05, 4.69) is 10.6 Å². The molecule has 10 atom stereocenters. The standard InChI is InChI=1S/C37H54N2O10/c1-36(2)46-32-30(42-22-24-12-7-5-8-13-24)28(44-34(32)48-36)26(16-20-40)38-18-11-19-39-27(17-21-41)29-31(43-23-25-14-9-6-10-15-25)33-35(45-29)49-37(3,4)47-33/h5-10,12-15,26-35,38-41H,11,16-23H2,1-4H3/t26-,27+,28?,29?,30-,31-,32+,33+,34+,35+/m0/s1. The Morgan fingerprint density at radius 3 is 1.43 bits per heavy atom. The third kappa shape index (κ3) is 9.26. The van der Waals surface area contributed by atoms with E-state index in [0.29, 0.717) is 39.1 Å². The van der Waals surface area contributed by atoms with Crippen LogP contribution in [-0.4, -0.2) is 109 Å². The van der Waals surface area contributed by atoms with E-state index in [9.17, 15) is 10.2 Å². The van der Waals surface area contributed by atoms with E-state index in [-0.39, 0.29) is 61.9 Å². The number of hydrogen-bond acceptors (Lipinski definition) is 12. The van der Waals surface area contributed by atoms with Crippen molar-refractivity contribution in [3.63, 3.8) is 0 Å². The molecule has 12 heteroatoms. The van der Waals surface area contributed by atoms with E-state index in [1.54, 1.807) is 0 Å². The van der Waals surface area contributed by atoms with Crippen molar-refractivity contribution in [2.75, 3.05) is 26.3 Å². The Labute approximate surface area is 289 Å². The summed E-state index contributed by atoms with van der Waals surface area (Å²) >= 11 is 0. The molecule has 4 aliphatic heterocycles. The van der Waals surface area contributed by atoms with Gasteiger partial charge in [0.25, 0.3) is 0 Å². The highest BCUT2D eigenvalue weighted by atomic mass is 16.9. The van der Waals surface area contributed by atoms with E-state index < -0.39 is 24.2 Å².